The maximum absolute atomic E-state index is 14.1. The maximum Gasteiger partial charge on any atom is 0.177 e. The SMILES string of the molecule is CC(C)CCn1c(CN2c3cc(F)ccc3N(C3CC3)C2C=O)nc2ncccc21. The molecule has 1 unspecified atom stereocenters. The average molecular weight is 407 g/mol. The Bertz CT molecular complexity index is 1090. The summed E-state index contributed by atoms with van der Waals surface area (Å²) in [6.07, 6.45) is 5.41. The molecule has 3 aromatic rings. The first kappa shape index (κ1) is 19.0. The molecule has 1 fully saturated rings. The van der Waals surface area contributed by atoms with Gasteiger partial charge in [0.2, 0.25) is 0 Å². The highest BCUT2D eigenvalue weighted by atomic mass is 19.1. The van der Waals surface area contributed by atoms with Gasteiger partial charge >= 0.3 is 0 Å². The highest BCUT2D eigenvalue weighted by molar-refractivity contribution is 5.86. The molecule has 30 heavy (non-hydrogen) atoms. The zero-order valence-corrected chi connectivity index (χ0v) is 17.3. The van der Waals surface area contributed by atoms with Gasteiger partial charge in [0.05, 0.1) is 23.4 Å². The van der Waals surface area contributed by atoms with Crippen molar-refractivity contribution in [2.24, 2.45) is 5.92 Å². The number of imidazole rings is 1. The van der Waals surface area contributed by atoms with Gasteiger partial charge < -0.3 is 14.4 Å². The average Bonchev–Trinajstić information content (AvgIpc) is 3.44. The lowest BCUT2D eigenvalue weighted by Crippen LogP contribution is -2.45. The van der Waals surface area contributed by atoms with Crippen molar-refractivity contribution in [3.05, 3.63) is 48.2 Å². The Balaban J connectivity index is 1.56. The summed E-state index contributed by atoms with van der Waals surface area (Å²) in [7, 11) is 0. The first-order chi connectivity index (χ1) is 14.6. The molecule has 7 heteroatoms. The first-order valence-electron chi connectivity index (χ1n) is 10.7. The summed E-state index contributed by atoms with van der Waals surface area (Å²) in [5, 5.41) is 0. The van der Waals surface area contributed by atoms with Crippen LogP contribution in [-0.4, -0.2) is 33.0 Å². The molecule has 1 atom stereocenters. The van der Waals surface area contributed by atoms with Crippen molar-refractivity contribution in [2.75, 3.05) is 9.80 Å². The van der Waals surface area contributed by atoms with Crippen LogP contribution in [0.1, 0.15) is 38.9 Å². The third kappa shape index (κ3) is 3.22. The molecule has 5 rings (SSSR count). The van der Waals surface area contributed by atoms with Gasteiger partial charge in [0, 0.05) is 18.8 Å². The molecule has 0 amide bonds. The third-order valence-electron chi connectivity index (χ3n) is 6.04. The first-order valence-corrected chi connectivity index (χ1v) is 10.7. The van der Waals surface area contributed by atoms with Gasteiger partial charge in [0.1, 0.15) is 11.6 Å². The second-order valence-electron chi connectivity index (χ2n) is 8.66. The molecule has 2 aliphatic rings. The van der Waals surface area contributed by atoms with Crippen LogP contribution in [0.3, 0.4) is 0 Å². The topological polar surface area (TPSA) is 54.3 Å². The molecular weight excluding hydrogens is 381 g/mol. The van der Waals surface area contributed by atoms with E-state index in [1.807, 2.05) is 17.0 Å². The molecule has 0 radical (unpaired) electrons. The smallest absolute Gasteiger partial charge is 0.177 e. The number of aldehydes is 1. The van der Waals surface area contributed by atoms with Crippen molar-refractivity contribution in [2.45, 2.75) is 58.4 Å². The Morgan fingerprint density at radius 1 is 1.23 bits per heavy atom. The van der Waals surface area contributed by atoms with Crippen LogP contribution in [-0.2, 0) is 17.9 Å². The summed E-state index contributed by atoms with van der Waals surface area (Å²) in [5.41, 5.74) is 3.39. The van der Waals surface area contributed by atoms with Crippen molar-refractivity contribution in [1.29, 1.82) is 0 Å². The van der Waals surface area contributed by atoms with E-state index < -0.39 is 6.17 Å². The van der Waals surface area contributed by atoms with Crippen molar-refractivity contribution < 1.29 is 9.18 Å². The predicted molar refractivity (Wildman–Crippen MR) is 115 cm³/mol. The van der Waals surface area contributed by atoms with Crippen molar-refractivity contribution in [1.82, 2.24) is 14.5 Å². The summed E-state index contributed by atoms with van der Waals surface area (Å²) in [6, 6.07) is 9.10. The van der Waals surface area contributed by atoms with Gasteiger partial charge in [-0.25, -0.2) is 14.4 Å². The Morgan fingerprint density at radius 2 is 2.07 bits per heavy atom. The fourth-order valence-electron chi connectivity index (χ4n) is 4.38. The summed E-state index contributed by atoms with van der Waals surface area (Å²) < 4.78 is 16.3. The summed E-state index contributed by atoms with van der Waals surface area (Å²) in [5.74, 6) is 1.11. The molecular formula is C23H26FN5O. The minimum atomic E-state index is -0.444. The Labute approximate surface area is 175 Å². The van der Waals surface area contributed by atoms with Crippen LogP contribution in [0.15, 0.2) is 36.5 Å². The lowest BCUT2D eigenvalue weighted by atomic mass is 10.1. The van der Waals surface area contributed by atoms with Gasteiger partial charge in [0.15, 0.2) is 18.1 Å². The molecule has 156 valence electrons. The molecule has 0 spiro atoms. The van der Waals surface area contributed by atoms with E-state index >= 15 is 0 Å². The summed E-state index contributed by atoms with van der Waals surface area (Å²) in [6.45, 7) is 5.66. The highest BCUT2D eigenvalue weighted by Gasteiger charge is 2.44. The number of hydrogen-bond acceptors (Lipinski definition) is 5. The van der Waals surface area contributed by atoms with E-state index in [2.05, 4.69) is 28.3 Å². The number of nitrogens with zero attached hydrogens (tertiary/aromatic N) is 5. The van der Waals surface area contributed by atoms with Gasteiger partial charge in [-0.15, -0.1) is 0 Å². The van der Waals surface area contributed by atoms with Crippen LogP contribution < -0.4 is 9.80 Å². The van der Waals surface area contributed by atoms with Crippen LogP contribution >= 0.6 is 0 Å². The second-order valence-corrected chi connectivity index (χ2v) is 8.66. The lowest BCUT2D eigenvalue weighted by molar-refractivity contribution is -0.108. The van der Waals surface area contributed by atoms with Crippen molar-refractivity contribution >= 4 is 28.8 Å². The molecule has 1 aromatic carbocycles. The zero-order valence-electron chi connectivity index (χ0n) is 17.3. The minimum absolute atomic E-state index is 0.295. The Kier molecular flexibility index (Phi) is 4.68. The van der Waals surface area contributed by atoms with Gasteiger partial charge in [-0.2, -0.15) is 0 Å². The number of aryl methyl sites for hydroxylation is 1. The monoisotopic (exact) mass is 407 g/mol. The number of carbonyl (C=O) groups excluding carboxylic acids is 1. The molecule has 0 N–H and O–H groups in total. The van der Waals surface area contributed by atoms with Crippen LogP contribution in [0.25, 0.3) is 11.2 Å². The van der Waals surface area contributed by atoms with Gasteiger partial charge in [0.25, 0.3) is 0 Å². The number of carbonyl (C=O) groups is 1. The normalized spacial score (nSPS) is 18.5. The number of benzene rings is 1. The Morgan fingerprint density at radius 3 is 2.80 bits per heavy atom. The minimum Gasteiger partial charge on any atom is -0.340 e. The van der Waals surface area contributed by atoms with Crippen molar-refractivity contribution in [3.63, 3.8) is 0 Å². The molecule has 1 saturated carbocycles. The summed E-state index contributed by atoms with van der Waals surface area (Å²) >= 11 is 0. The largest absolute Gasteiger partial charge is 0.340 e. The van der Waals surface area contributed by atoms with E-state index in [0.29, 0.717) is 24.2 Å². The maximum atomic E-state index is 14.1. The van der Waals surface area contributed by atoms with Gasteiger partial charge in [-0.05, 0) is 55.5 Å². The molecule has 0 bridgehead atoms. The van der Waals surface area contributed by atoms with E-state index in [-0.39, 0.29) is 5.82 Å². The molecule has 0 saturated heterocycles. The lowest BCUT2D eigenvalue weighted by Gasteiger charge is -2.29. The van der Waals surface area contributed by atoms with Gasteiger partial charge in [-0.1, -0.05) is 13.8 Å². The number of halogens is 1. The number of rotatable bonds is 7. The fraction of sp³-hybridized carbons (Fsp3) is 0.435. The quantitative estimate of drug-likeness (QED) is 0.551. The number of anilines is 2. The molecule has 6 nitrogen and oxygen atoms in total. The third-order valence-corrected chi connectivity index (χ3v) is 6.04. The number of aromatic nitrogens is 3. The number of fused-ring (bicyclic) bond motifs is 2. The summed E-state index contributed by atoms with van der Waals surface area (Å²) in [4.78, 5) is 25.5. The van der Waals surface area contributed by atoms with E-state index in [0.717, 1.165) is 54.8 Å². The molecule has 1 aliphatic carbocycles. The van der Waals surface area contributed by atoms with E-state index in [1.165, 1.54) is 12.1 Å². The van der Waals surface area contributed by atoms with Crippen LogP contribution in [0.5, 0.6) is 0 Å². The number of pyridine rings is 1. The number of hydrogen-bond donors (Lipinski definition) is 0. The standard InChI is InChI=1S/C23H26FN5O/c1-15(2)9-11-27-19-4-3-10-25-23(19)26-21(27)13-28-20-12-16(24)5-8-18(20)29(17-6-7-17)22(28)14-30/h3-5,8,10,12,14-15,17,22H,6-7,9,11,13H2,1-2H3. The predicted octanol–water partition coefficient (Wildman–Crippen LogP) is 4.13. The Hall–Kier alpha value is -2.96. The van der Waals surface area contributed by atoms with E-state index in [9.17, 15) is 9.18 Å². The zero-order chi connectivity index (χ0) is 20.8. The van der Waals surface area contributed by atoms with E-state index in [4.69, 9.17) is 4.98 Å². The van der Waals surface area contributed by atoms with Crippen LogP contribution in [0.4, 0.5) is 15.8 Å². The van der Waals surface area contributed by atoms with Crippen molar-refractivity contribution in [3.8, 4) is 0 Å². The van der Waals surface area contributed by atoms with Crippen LogP contribution in [0.2, 0.25) is 0 Å². The second kappa shape index (κ2) is 7.38. The molecule has 2 aromatic heterocycles. The molecule has 1 aliphatic heterocycles. The molecule has 3 heterocycles. The van der Waals surface area contributed by atoms with E-state index in [1.54, 1.807) is 12.3 Å². The van der Waals surface area contributed by atoms with Crippen LogP contribution in [0, 0.1) is 11.7 Å². The highest BCUT2D eigenvalue weighted by Crippen LogP contribution is 2.46. The van der Waals surface area contributed by atoms with Gasteiger partial charge in [-0.3, -0.25) is 4.79 Å². The fourth-order valence-corrected chi connectivity index (χ4v) is 4.38.